The lowest BCUT2D eigenvalue weighted by Gasteiger charge is -2.12. The molecule has 0 saturated heterocycles. The largest absolute Gasteiger partial charge is 0.264 e. The molecule has 104 valence electrons. The maximum Gasteiger partial charge on any atom is 0.0855 e. The van der Waals surface area contributed by atoms with Crippen LogP contribution in [0.1, 0.15) is 25.0 Å². The first-order chi connectivity index (χ1) is 9.50. The zero-order valence-corrected chi connectivity index (χ0v) is 13.3. The summed E-state index contributed by atoms with van der Waals surface area (Å²) < 4.78 is 12.8. The molecular weight excluding hydrogens is 290 g/mol. The number of halogens is 1. The SMILES string of the molecule is CC(C)=C(c1cnccc1C)S(=O)c1ccc(Cl)cc1. The quantitative estimate of drug-likeness (QED) is 0.829. The Balaban J connectivity index is 2.51. The van der Waals surface area contributed by atoms with Gasteiger partial charge in [0.05, 0.1) is 15.7 Å². The van der Waals surface area contributed by atoms with Gasteiger partial charge in [0, 0.05) is 27.9 Å². The fourth-order valence-corrected chi connectivity index (χ4v) is 3.46. The van der Waals surface area contributed by atoms with Crippen molar-refractivity contribution in [3.8, 4) is 0 Å². The summed E-state index contributed by atoms with van der Waals surface area (Å²) >= 11 is 5.88. The number of benzene rings is 1. The van der Waals surface area contributed by atoms with E-state index in [9.17, 15) is 4.21 Å². The Morgan fingerprint density at radius 2 is 1.80 bits per heavy atom. The smallest absolute Gasteiger partial charge is 0.0855 e. The molecule has 0 fully saturated rings. The molecule has 1 atom stereocenters. The summed E-state index contributed by atoms with van der Waals surface area (Å²) in [7, 11) is -1.24. The summed E-state index contributed by atoms with van der Waals surface area (Å²) in [6.07, 6.45) is 3.51. The molecule has 0 spiro atoms. The summed E-state index contributed by atoms with van der Waals surface area (Å²) in [4.78, 5) is 5.71. The molecule has 2 aromatic rings. The van der Waals surface area contributed by atoms with E-state index in [2.05, 4.69) is 4.98 Å². The number of nitrogens with zero attached hydrogens (tertiary/aromatic N) is 1. The standard InChI is InChI=1S/C16H16ClNOS/c1-11(2)16(15-10-18-9-8-12(15)3)20(19)14-6-4-13(17)5-7-14/h4-10H,1-3H3. The molecule has 2 rings (SSSR count). The summed E-state index contributed by atoms with van der Waals surface area (Å²) in [6, 6.07) is 9.04. The maximum absolute atomic E-state index is 12.8. The van der Waals surface area contributed by atoms with Crippen LogP contribution >= 0.6 is 11.6 Å². The summed E-state index contributed by atoms with van der Waals surface area (Å²) in [5, 5.41) is 0.641. The molecule has 0 bridgehead atoms. The van der Waals surface area contributed by atoms with Crippen molar-refractivity contribution < 1.29 is 4.21 Å². The summed E-state index contributed by atoms with van der Waals surface area (Å²) in [5.41, 5.74) is 3.02. The van der Waals surface area contributed by atoms with E-state index in [0.29, 0.717) is 5.02 Å². The molecular formula is C16H16ClNOS. The Bertz CT molecular complexity index is 673. The van der Waals surface area contributed by atoms with Gasteiger partial charge >= 0.3 is 0 Å². The van der Waals surface area contributed by atoms with Gasteiger partial charge in [-0.25, -0.2) is 4.21 Å². The zero-order valence-electron chi connectivity index (χ0n) is 11.7. The molecule has 0 aliphatic carbocycles. The Morgan fingerprint density at radius 1 is 1.15 bits per heavy atom. The van der Waals surface area contributed by atoms with Crippen molar-refractivity contribution in [1.29, 1.82) is 0 Å². The molecule has 0 saturated carbocycles. The van der Waals surface area contributed by atoms with Gasteiger partial charge in [-0.05, 0) is 56.7 Å². The molecule has 0 radical (unpaired) electrons. The molecule has 20 heavy (non-hydrogen) atoms. The molecule has 0 N–H and O–H groups in total. The highest BCUT2D eigenvalue weighted by atomic mass is 35.5. The van der Waals surface area contributed by atoms with E-state index < -0.39 is 10.8 Å². The second kappa shape index (κ2) is 6.33. The lowest BCUT2D eigenvalue weighted by Crippen LogP contribution is -2.00. The van der Waals surface area contributed by atoms with Crippen LogP contribution < -0.4 is 0 Å². The predicted octanol–water partition coefficient (Wildman–Crippen LogP) is 4.60. The minimum absolute atomic E-state index is 0.641. The van der Waals surface area contributed by atoms with Crippen LogP contribution in [0.4, 0.5) is 0 Å². The topological polar surface area (TPSA) is 30.0 Å². The molecule has 2 nitrogen and oxygen atoms in total. The van der Waals surface area contributed by atoms with Crippen LogP contribution in [0.15, 0.2) is 53.2 Å². The van der Waals surface area contributed by atoms with E-state index in [-0.39, 0.29) is 0 Å². The van der Waals surface area contributed by atoms with Crippen molar-refractivity contribution in [1.82, 2.24) is 4.98 Å². The van der Waals surface area contributed by atoms with Crippen LogP contribution in [0.25, 0.3) is 4.91 Å². The van der Waals surface area contributed by atoms with Crippen molar-refractivity contribution in [3.05, 3.63) is 64.4 Å². The predicted molar refractivity (Wildman–Crippen MR) is 85.1 cm³/mol. The Kier molecular flexibility index (Phi) is 4.73. The van der Waals surface area contributed by atoms with Crippen molar-refractivity contribution in [2.24, 2.45) is 0 Å². The Hall–Kier alpha value is -1.45. The minimum atomic E-state index is -1.24. The fraction of sp³-hybridized carbons (Fsp3) is 0.188. The first kappa shape index (κ1) is 14.9. The van der Waals surface area contributed by atoms with Crippen molar-refractivity contribution in [2.45, 2.75) is 25.7 Å². The minimum Gasteiger partial charge on any atom is -0.264 e. The highest BCUT2D eigenvalue weighted by Crippen LogP contribution is 2.29. The zero-order chi connectivity index (χ0) is 14.7. The monoisotopic (exact) mass is 305 g/mol. The van der Waals surface area contributed by atoms with Crippen molar-refractivity contribution >= 4 is 27.3 Å². The number of allylic oxidation sites excluding steroid dienone is 1. The third-order valence-electron chi connectivity index (χ3n) is 2.95. The number of hydrogen-bond donors (Lipinski definition) is 0. The van der Waals surface area contributed by atoms with Gasteiger partial charge in [0.2, 0.25) is 0 Å². The first-order valence-corrected chi connectivity index (χ1v) is 7.79. The van der Waals surface area contributed by atoms with Gasteiger partial charge in [-0.3, -0.25) is 4.98 Å². The lowest BCUT2D eigenvalue weighted by atomic mass is 10.1. The van der Waals surface area contributed by atoms with Crippen LogP contribution in [-0.4, -0.2) is 9.19 Å². The molecule has 0 aliphatic rings. The third kappa shape index (κ3) is 3.17. The van der Waals surface area contributed by atoms with Gasteiger partial charge in [-0.1, -0.05) is 17.2 Å². The van der Waals surface area contributed by atoms with Crippen LogP contribution in [-0.2, 0) is 10.8 Å². The van der Waals surface area contributed by atoms with Gasteiger partial charge in [0.15, 0.2) is 0 Å². The molecule has 1 unspecified atom stereocenters. The summed E-state index contributed by atoms with van der Waals surface area (Å²) in [5.74, 6) is 0. The van der Waals surface area contributed by atoms with E-state index in [1.807, 2.05) is 26.8 Å². The number of pyridine rings is 1. The van der Waals surface area contributed by atoms with Crippen LogP contribution in [0.5, 0.6) is 0 Å². The average Bonchev–Trinajstić information content (AvgIpc) is 2.41. The number of aromatic nitrogens is 1. The van der Waals surface area contributed by atoms with Gasteiger partial charge in [-0.2, -0.15) is 0 Å². The number of rotatable bonds is 3. The van der Waals surface area contributed by atoms with Crippen molar-refractivity contribution in [3.63, 3.8) is 0 Å². The van der Waals surface area contributed by atoms with E-state index in [0.717, 1.165) is 26.5 Å². The second-order valence-corrected chi connectivity index (χ2v) is 6.60. The Labute approximate surface area is 127 Å². The van der Waals surface area contributed by atoms with Gasteiger partial charge < -0.3 is 0 Å². The highest BCUT2D eigenvalue weighted by Gasteiger charge is 2.16. The average molecular weight is 306 g/mol. The number of hydrogen-bond acceptors (Lipinski definition) is 2. The van der Waals surface area contributed by atoms with Crippen molar-refractivity contribution in [2.75, 3.05) is 0 Å². The van der Waals surface area contributed by atoms with E-state index >= 15 is 0 Å². The normalized spacial score (nSPS) is 12.0. The third-order valence-corrected chi connectivity index (χ3v) is 4.90. The maximum atomic E-state index is 12.8. The fourth-order valence-electron chi connectivity index (χ4n) is 1.93. The summed E-state index contributed by atoms with van der Waals surface area (Å²) in [6.45, 7) is 5.93. The molecule has 1 heterocycles. The van der Waals surface area contributed by atoms with Crippen LogP contribution in [0, 0.1) is 6.92 Å². The first-order valence-electron chi connectivity index (χ1n) is 6.26. The molecule has 4 heteroatoms. The molecule has 0 aliphatic heterocycles. The van der Waals surface area contributed by atoms with E-state index in [1.165, 1.54) is 0 Å². The second-order valence-electron chi connectivity index (χ2n) is 4.74. The van der Waals surface area contributed by atoms with E-state index in [1.54, 1.807) is 36.7 Å². The molecule has 1 aromatic heterocycles. The van der Waals surface area contributed by atoms with Gasteiger partial charge in [-0.15, -0.1) is 0 Å². The van der Waals surface area contributed by atoms with E-state index in [4.69, 9.17) is 11.6 Å². The molecule has 0 amide bonds. The van der Waals surface area contributed by atoms with Gasteiger partial charge in [0.1, 0.15) is 0 Å². The Morgan fingerprint density at radius 3 is 2.35 bits per heavy atom. The highest BCUT2D eigenvalue weighted by molar-refractivity contribution is 7.94. The van der Waals surface area contributed by atoms with Crippen LogP contribution in [0.3, 0.4) is 0 Å². The molecule has 1 aromatic carbocycles. The lowest BCUT2D eigenvalue weighted by molar-refractivity contribution is 0.689. The van der Waals surface area contributed by atoms with Crippen LogP contribution in [0.2, 0.25) is 5.02 Å². The van der Waals surface area contributed by atoms with Gasteiger partial charge in [0.25, 0.3) is 0 Å². The number of aryl methyl sites for hydroxylation is 1.